The summed E-state index contributed by atoms with van der Waals surface area (Å²) in [5.74, 6) is -0.462. The van der Waals surface area contributed by atoms with Crippen molar-refractivity contribution in [2.45, 2.75) is 39.3 Å². The summed E-state index contributed by atoms with van der Waals surface area (Å²) in [5.41, 5.74) is 3.58. The molecule has 0 radical (unpaired) electrons. The van der Waals surface area contributed by atoms with Gasteiger partial charge in [-0.15, -0.1) is 0 Å². The number of hydrogen-bond acceptors (Lipinski definition) is 4. The molecule has 0 saturated heterocycles. The van der Waals surface area contributed by atoms with Crippen molar-refractivity contribution < 1.29 is 19.1 Å². The Bertz CT molecular complexity index is 1200. The fourth-order valence-electron chi connectivity index (χ4n) is 4.63. The average molecular weight is 469 g/mol. The number of halogens is 1. The van der Waals surface area contributed by atoms with Gasteiger partial charge in [-0.2, -0.15) is 0 Å². The monoisotopic (exact) mass is 468 g/mol. The van der Waals surface area contributed by atoms with Crippen molar-refractivity contribution in [3.63, 3.8) is 0 Å². The minimum Gasteiger partial charge on any atom is -0.461 e. The molecular formula is C26H29ClN2O4. The first kappa shape index (κ1) is 23.3. The van der Waals surface area contributed by atoms with E-state index in [2.05, 4.69) is 0 Å². The lowest BCUT2D eigenvalue weighted by Crippen LogP contribution is -2.31. The van der Waals surface area contributed by atoms with Crippen molar-refractivity contribution in [3.8, 4) is 0 Å². The topological polar surface area (TPSA) is 60.8 Å². The van der Waals surface area contributed by atoms with Crippen LogP contribution in [0, 0.1) is 0 Å². The quantitative estimate of drug-likeness (QED) is 0.329. The number of carbonyl (C=O) groups is 2. The van der Waals surface area contributed by atoms with Crippen molar-refractivity contribution in [1.82, 2.24) is 9.47 Å². The number of carbonyl (C=O) groups excluding carboxylic acids is 2. The molecular weight excluding hydrogens is 440 g/mol. The molecule has 0 aliphatic carbocycles. The maximum Gasteiger partial charge on any atom is 0.355 e. The molecule has 33 heavy (non-hydrogen) atoms. The molecule has 0 saturated carbocycles. The van der Waals surface area contributed by atoms with Crippen LogP contribution in [0.2, 0.25) is 5.02 Å². The molecule has 1 aliphatic rings. The number of amides is 1. The number of fused-ring (bicyclic) bond motifs is 2. The summed E-state index contributed by atoms with van der Waals surface area (Å²) in [5, 5.41) is 1.41. The van der Waals surface area contributed by atoms with Crippen LogP contribution in [0.15, 0.2) is 42.5 Å². The number of aromatic nitrogens is 1. The standard InChI is InChI=1S/C26H29ClN2O4/c1-5-32-26(31)24-22(20-15-17(27)11-12-21(20)28(24)4)23-18-9-6-7-10-19(18)25(30)29(23)13-8-14-33-16(2)3/h6-7,9-12,15-16,23H,5,8,13-14H2,1-4H3/t23-/m0/s1. The van der Waals surface area contributed by atoms with Crippen molar-refractivity contribution in [1.29, 1.82) is 0 Å². The predicted octanol–water partition coefficient (Wildman–Crippen LogP) is 5.37. The van der Waals surface area contributed by atoms with E-state index in [0.29, 0.717) is 35.9 Å². The molecule has 0 N–H and O–H groups in total. The van der Waals surface area contributed by atoms with Crippen molar-refractivity contribution in [3.05, 3.63) is 69.9 Å². The largest absolute Gasteiger partial charge is 0.461 e. The van der Waals surface area contributed by atoms with Crippen LogP contribution in [0.5, 0.6) is 0 Å². The van der Waals surface area contributed by atoms with Crippen LogP contribution in [0.1, 0.15) is 65.2 Å². The summed E-state index contributed by atoms with van der Waals surface area (Å²) in [6.07, 6.45) is 0.817. The Labute approximate surface area is 199 Å². The summed E-state index contributed by atoms with van der Waals surface area (Å²) in [6, 6.07) is 12.7. The van der Waals surface area contributed by atoms with Gasteiger partial charge in [0.1, 0.15) is 5.69 Å². The van der Waals surface area contributed by atoms with Gasteiger partial charge in [-0.05, 0) is 57.0 Å². The predicted molar refractivity (Wildman–Crippen MR) is 129 cm³/mol. The van der Waals surface area contributed by atoms with E-state index < -0.39 is 12.0 Å². The van der Waals surface area contributed by atoms with Gasteiger partial charge >= 0.3 is 5.97 Å². The zero-order valence-corrected chi connectivity index (χ0v) is 20.2. The number of rotatable bonds is 8. The first-order valence-corrected chi connectivity index (χ1v) is 11.7. The molecule has 0 unspecified atom stereocenters. The molecule has 1 atom stereocenters. The maximum atomic E-state index is 13.5. The third kappa shape index (κ3) is 4.25. The summed E-state index contributed by atoms with van der Waals surface area (Å²) in [7, 11) is 1.84. The Morgan fingerprint density at radius 1 is 1.18 bits per heavy atom. The SMILES string of the molecule is CCOC(=O)c1c([C@@H]2c3ccccc3C(=O)N2CCCOC(C)C)c2cc(Cl)ccc2n1C. The molecule has 2 aromatic carbocycles. The van der Waals surface area contributed by atoms with Crippen LogP contribution in [0.25, 0.3) is 10.9 Å². The summed E-state index contributed by atoms with van der Waals surface area (Å²) < 4.78 is 13.0. The molecule has 1 amide bonds. The van der Waals surface area contributed by atoms with E-state index in [1.807, 2.05) is 66.8 Å². The number of hydrogen-bond donors (Lipinski definition) is 0. The van der Waals surface area contributed by atoms with Crippen LogP contribution in [0.3, 0.4) is 0 Å². The number of nitrogens with zero attached hydrogens (tertiary/aromatic N) is 2. The normalized spacial score (nSPS) is 15.5. The van der Waals surface area contributed by atoms with Crippen LogP contribution in [-0.2, 0) is 16.5 Å². The Balaban J connectivity index is 1.89. The van der Waals surface area contributed by atoms with Gasteiger partial charge in [-0.3, -0.25) is 4.79 Å². The Morgan fingerprint density at radius 2 is 1.94 bits per heavy atom. The van der Waals surface area contributed by atoms with E-state index in [-0.39, 0.29) is 18.6 Å². The number of esters is 1. The summed E-state index contributed by atoms with van der Waals surface area (Å²) >= 11 is 6.37. The molecule has 0 spiro atoms. The van der Waals surface area contributed by atoms with Gasteiger partial charge in [0.05, 0.1) is 18.8 Å². The second kappa shape index (κ2) is 9.57. The number of benzene rings is 2. The molecule has 1 aromatic heterocycles. The summed E-state index contributed by atoms with van der Waals surface area (Å²) in [6.45, 7) is 7.08. The third-order valence-corrected chi connectivity index (χ3v) is 6.23. The molecule has 7 heteroatoms. The van der Waals surface area contributed by atoms with E-state index in [1.165, 1.54) is 0 Å². The molecule has 2 heterocycles. The Kier molecular flexibility index (Phi) is 6.77. The smallest absolute Gasteiger partial charge is 0.355 e. The van der Waals surface area contributed by atoms with Gasteiger partial charge in [-0.1, -0.05) is 29.8 Å². The first-order chi connectivity index (χ1) is 15.8. The second-order valence-corrected chi connectivity index (χ2v) is 8.90. The lowest BCUT2D eigenvalue weighted by Gasteiger charge is -2.26. The lowest BCUT2D eigenvalue weighted by molar-refractivity contribution is 0.0504. The zero-order valence-electron chi connectivity index (χ0n) is 19.4. The van der Waals surface area contributed by atoms with Crippen molar-refractivity contribution >= 4 is 34.4 Å². The van der Waals surface area contributed by atoms with E-state index in [1.54, 1.807) is 13.0 Å². The highest BCUT2D eigenvalue weighted by Crippen LogP contribution is 2.44. The third-order valence-electron chi connectivity index (χ3n) is 6.00. The molecule has 3 aromatic rings. The van der Waals surface area contributed by atoms with Gasteiger partial charge in [0, 0.05) is 47.3 Å². The first-order valence-electron chi connectivity index (χ1n) is 11.3. The lowest BCUT2D eigenvalue weighted by atomic mass is 9.95. The summed E-state index contributed by atoms with van der Waals surface area (Å²) in [4.78, 5) is 28.4. The van der Waals surface area contributed by atoms with Crippen LogP contribution < -0.4 is 0 Å². The Hall–Kier alpha value is -2.83. The minimum absolute atomic E-state index is 0.0472. The van der Waals surface area contributed by atoms with Crippen LogP contribution in [0.4, 0.5) is 0 Å². The second-order valence-electron chi connectivity index (χ2n) is 8.46. The number of ether oxygens (including phenoxy) is 2. The van der Waals surface area contributed by atoms with Gasteiger partial charge in [0.2, 0.25) is 0 Å². The zero-order chi connectivity index (χ0) is 23.7. The molecule has 174 valence electrons. The molecule has 6 nitrogen and oxygen atoms in total. The average Bonchev–Trinajstić information content (AvgIpc) is 3.22. The van der Waals surface area contributed by atoms with E-state index in [0.717, 1.165) is 22.0 Å². The highest BCUT2D eigenvalue weighted by molar-refractivity contribution is 6.31. The molecule has 0 bridgehead atoms. The molecule has 4 rings (SSSR count). The van der Waals surface area contributed by atoms with Gasteiger partial charge in [-0.25, -0.2) is 4.79 Å². The van der Waals surface area contributed by atoms with Crippen LogP contribution in [-0.4, -0.2) is 47.2 Å². The van der Waals surface area contributed by atoms with Crippen molar-refractivity contribution in [2.24, 2.45) is 7.05 Å². The van der Waals surface area contributed by atoms with Crippen molar-refractivity contribution in [2.75, 3.05) is 19.8 Å². The molecule has 1 aliphatic heterocycles. The van der Waals surface area contributed by atoms with Gasteiger partial charge < -0.3 is 18.9 Å². The maximum absolute atomic E-state index is 13.5. The Morgan fingerprint density at radius 3 is 2.67 bits per heavy atom. The van der Waals surface area contributed by atoms with E-state index >= 15 is 0 Å². The fraction of sp³-hybridized carbons (Fsp3) is 0.385. The highest BCUT2D eigenvalue weighted by atomic mass is 35.5. The van der Waals surface area contributed by atoms with E-state index in [9.17, 15) is 9.59 Å². The van der Waals surface area contributed by atoms with Gasteiger partial charge in [0.15, 0.2) is 0 Å². The number of aryl methyl sites for hydroxylation is 1. The van der Waals surface area contributed by atoms with E-state index in [4.69, 9.17) is 21.1 Å². The molecule has 0 fully saturated rings. The van der Waals surface area contributed by atoms with Crippen LogP contribution >= 0.6 is 11.6 Å². The van der Waals surface area contributed by atoms with Gasteiger partial charge in [0.25, 0.3) is 5.91 Å². The fourth-order valence-corrected chi connectivity index (χ4v) is 4.81. The minimum atomic E-state index is -0.422. The highest BCUT2D eigenvalue weighted by Gasteiger charge is 2.41.